The van der Waals surface area contributed by atoms with Crippen molar-refractivity contribution >= 4 is 22.0 Å². The van der Waals surface area contributed by atoms with Gasteiger partial charge >= 0.3 is 0 Å². The van der Waals surface area contributed by atoms with E-state index in [-0.39, 0.29) is 17.2 Å². The van der Waals surface area contributed by atoms with Crippen LogP contribution in [0, 0.1) is 17.0 Å². The van der Waals surface area contributed by atoms with Gasteiger partial charge in [-0.15, -0.1) is 0 Å². The van der Waals surface area contributed by atoms with Gasteiger partial charge < -0.3 is 9.47 Å². The molecule has 0 fully saturated rings. The number of ether oxygens (including phenoxy) is 2. The molecule has 0 N–H and O–H groups in total. The molecule has 2 aromatic carbocycles. The van der Waals surface area contributed by atoms with Gasteiger partial charge in [-0.05, 0) is 42.1 Å². The van der Waals surface area contributed by atoms with Crippen LogP contribution in [0.15, 0.2) is 67.0 Å². The average molecular weight is 375 g/mol. The highest BCUT2D eigenvalue weighted by Crippen LogP contribution is 2.26. The molecule has 0 aliphatic rings. The van der Waals surface area contributed by atoms with E-state index in [2.05, 4.69) is 6.07 Å². The summed E-state index contributed by atoms with van der Waals surface area (Å²) in [6, 6.07) is 16.8. The number of benzene rings is 2. The van der Waals surface area contributed by atoms with E-state index in [0.717, 1.165) is 27.6 Å². The molecule has 2 heterocycles. The number of aromatic nitrogens is 1. The summed E-state index contributed by atoms with van der Waals surface area (Å²) < 4.78 is 13.4. The molecule has 4 rings (SSSR count). The first kappa shape index (κ1) is 17.7. The van der Waals surface area contributed by atoms with Crippen LogP contribution in [0.2, 0.25) is 0 Å². The Hall–Kier alpha value is -3.67. The van der Waals surface area contributed by atoms with Gasteiger partial charge in [0, 0.05) is 29.1 Å². The maximum Gasteiger partial charge on any atom is 0.272 e. The number of hydrogen-bond acceptors (Lipinski definition) is 4. The first-order valence-corrected chi connectivity index (χ1v) is 8.84. The smallest absolute Gasteiger partial charge is 0.272 e. The molecule has 4 aromatic rings. The Balaban J connectivity index is 1.66. The van der Waals surface area contributed by atoms with Crippen molar-refractivity contribution in [2.24, 2.45) is 0 Å². The number of nitro groups is 1. The molecule has 0 amide bonds. The van der Waals surface area contributed by atoms with Crippen LogP contribution in [0.3, 0.4) is 0 Å². The first-order chi connectivity index (χ1) is 13.6. The van der Waals surface area contributed by atoms with Crippen molar-refractivity contribution in [3.63, 3.8) is 0 Å². The number of nitrogens with zero attached hydrogens (tertiary/aromatic N) is 2. The predicted octanol–water partition coefficient (Wildman–Crippen LogP) is 4.38. The summed E-state index contributed by atoms with van der Waals surface area (Å²) in [5.41, 5.74) is 2.49. The fourth-order valence-electron chi connectivity index (χ4n) is 3.31. The molecular weight excluding hydrogens is 356 g/mol. The van der Waals surface area contributed by atoms with Gasteiger partial charge in [-0.3, -0.25) is 10.1 Å². The minimum Gasteiger partial charge on any atom is -0.490 e. The molecule has 140 valence electrons. The summed E-state index contributed by atoms with van der Waals surface area (Å²) in [4.78, 5) is 10.7. The van der Waals surface area contributed by atoms with E-state index in [1.807, 2.05) is 53.2 Å². The number of rotatable bonds is 5. The largest absolute Gasteiger partial charge is 0.490 e. The Bertz CT molecular complexity index is 1200. The van der Waals surface area contributed by atoms with Crippen LogP contribution in [0.4, 0.5) is 5.69 Å². The van der Waals surface area contributed by atoms with E-state index in [4.69, 9.17) is 9.47 Å². The van der Waals surface area contributed by atoms with Crippen molar-refractivity contribution in [2.75, 3.05) is 7.11 Å². The second kappa shape index (κ2) is 7.15. The van der Waals surface area contributed by atoms with Crippen LogP contribution >= 0.6 is 0 Å². The molecule has 0 saturated heterocycles. The van der Waals surface area contributed by atoms with Crippen LogP contribution in [0.25, 0.3) is 16.3 Å². The van der Waals surface area contributed by atoms with Gasteiger partial charge in [-0.2, -0.15) is 4.40 Å². The molecule has 6 nitrogen and oxygen atoms in total. The van der Waals surface area contributed by atoms with Crippen molar-refractivity contribution in [1.29, 1.82) is 0 Å². The molecule has 0 aliphatic carbocycles. The standard InChI is InChI=1S/C22H19N2O4/c1-15-17(5-3-6-20(15)24(25)26)14-28-19-9-8-16-13-23-10-4-7-22(27-2)21(23)12-18(16)11-19/h3-13H,14H2,1-2H3/q+1. The van der Waals surface area contributed by atoms with Gasteiger partial charge in [0.1, 0.15) is 12.4 Å². The number of pyridine rings is 2. The van der Waals surface area contributed by atoms with E-state index in [9.17, 15) is 10.1 Å². The van der Waals surface area contributed by atoms with E-state index in [0.29, 0.717) is 11.3 Å². The third-order valence-electron chi connectivity index (χ3n) is 4.88. The fourth-order valence-corrected chi connectivity index (χ4v) is 3.31. The Kier molecular flexibility index (Phi) is 4.53. The van der Waals surface area contributed by atoms with Crippen molar-refractivity contribution in [3.05, 3.63) is 88.2 Å². The highest BCUT2D eigenvalue weighted by molar-refractivity contribution is 5.86. The lowest BCUT2D eigenvalue weighted by molar-refractivity contribution is -0.510. The zero-order valence-corrected chi connectivity index (χ0v) is 15.6. The van der Waals surface area contributed by atoms with Crippen molar-refractivity contribution in [2.45, 2.75) is 13.5 Å². The van der Waals surface area contributed by atoms with Crippen LogP contribution in [0.5, 0.6) is 11.5 Å². The van der Waals surface area contributed by atoms with Gasteiger partial charge in [0.15, 0.2) is 18.1 Å². The van der Waals surface area contributed by atoms with Gasteiger partial charge in [0.2, 0.25) is 0 Å². The highest BCUT2D eigenvalue weighted by Gasteiger charge is 2.14. The monoisotopic (exact) mass is 375 g/mol. The summed E-state index contributed by atoms with van der Waals surface area (Å²) in [7, 11) is 1.65. The zero-order valence-electron chi connectivity index (χ0n) is 15.6. The van der Waals surface area contributed by atoms with Crippen LogP contribution in [-0.4, -0.2) is 12.0 Å². The normalized spacial score (nSPS) is 10.9. The predicted molar refractivity (Wildman–Crippen MR) is 106 cm³/mol. The number of methoxy groups -OCH3 is 1. The Labute approximate surface area is 161 Å². The maximum atomic E-state index is 11.1. The summed E-state index contributed by atoms with van der Waals surface area (Å²) in [6.07, 6.45) is 4.02. The minimum atomic E-state index is -0.370. The summed E-state index contributed by atoms with van der Waals surface area (Å²) >= 11 is 0. The van der Waals surface area contributed by atoms with E-state index in [1.54, 1.807) is 20.1 Å². The lowest BCUT2D eigenvalue weighted by Gasteiger charge is -2.10. The van der Waals surface area contributed by atoms with Crippen molar-refractivity contribution in [1.82, 2.24) is 0 Å². The van der Waals surface area contributed by atoms with Gasteiger partial charge in [0.05, 0.1) is 12.0 Å². The highest BCUT2D eigenvalue weighted by atomic mass is 16.6. The Morgan fingerprint density at radius 3 is 2.71 bits per heavy atom. The number of fused-ring (bicyclic) bond motifs is 2. The second-order valence-corrected chi connectivity index (χ2v) is 6.54. The number of hydrogen-bond donors (Lipinski definition) is 0. The molecule has 0 radical (unpaired) electrons. The molecule has 6 heteroatoms. The molecule has 0 saturated carbocycles. The molecule has 2 aromatic heterocycles. The average Bonchev–Trinajstić information content (AvgIpc) is 2.70. The SMILES string of the molecule is COc1ccc[n+]2cc3ccc(OCc4cccc([N+](=O)[O-])c4C)cc3cc12. The minimum absolute atomic E-state index is 0.107. The quantitative estimate of drug-likeness (QED) is 0.225. The molecule has 0 aliphatic heterocycles. The Morgan fingerprint density at radius 2 is 1.93 bits per heavy atom. The summed E-state index contributed by atoms with van der Waals surface area (Å²) in [6.45, 7) is 2.01. The van der Waals surface area contributed by atoms with Gasteiger partial charge in [-0.1, -0.05) is 12.1 Å². The van der Waals surface area contributed by atoms with E-state index in [1.165, 1.54) is 6.07 Å². The van der Waals surface area contributed by atoms with Crippen LogP contribution < -0.4 is 13.9 Å². The summed E-state index contributed by atoms with van der Waals surface area (Å²) in [5.74, 6) is 1.50. The first-order valence-electron chi connectivity index (χ1n) is 8.84. The molecule has 0 unspecified atom stereocenters. The maximum absolute atomic E-state index is 11.1. The molecule has 28 heavy (non-hydrogen) atoms. The number of nitro benzene ring substituents is 1. The Morgan fingerprint density at radius 1 is 1.07 bits per heavy atom. The van der Waals surface area contributed by atoms with E-state index >= 15 is 0 Å². The van der Waals surface area contributed by atoms with Crippen molar-refractivity contribution in [3.8, 4) is 11.5 Å². The fraction of sp³-hybridized carbons (Fsp3) is 0.136. The molecule has 0 atom stereocenters. The molecule has 0 spiro atoms. The molecule has 0 bridgehead atoms. The lowest BCUT2D eigenvalue weighted by Crippen LogP contribution is -2.20. The third-order valence-corrected chi connectivity index (χ3v) is 4.88. The van der Waals surface area contributed by atoms with Crippen LogP contribution in [0.1, 0.15) is 11.1 Å². The summed E-state index contributed by atoms with van der Waals surface area (Å²) in [5, 5.41) is 13.2. The second-order valence-electron chi connectivity index (χ2n) is 6.54. The van der Waals surface area contributed by atoms with E-state index < -0.39 is 0 Å². The van der Waals surface area contributed by atoms with Crippen LogP contribution in [-0.2, 0) is 6.61 Å². The molecular formula is C22H19N2O4+. The van der Waals surface area contributed by atoms with Crippen molar-refractivity contribution < 1.29 is 18.8 Å². The zero-order chi connectivity index (χ0) is 19.7. The lowest BCUT2D eigenvalue weighted by atomic mass is 10.1. The third kappa shape index (κ3) is 3.20. The van der Waals surface area contributed by atoms with Gasteiger partial charge in [0.25, 0.3) is 11.2 Å². The van der Waals surface area contributed by atoms with Gasteiger partial charge in [-0.25, -0.2) is 0 Å². The topological polar surface area (TPSA) is 65.7 Å².